The zero-order valence-corrected chi connectivity index (χ0v) is 15.8. The number of rotatable bonds is 3. The molecule has 0 N–H and O–H groups in total. The van der Waals surface area contributed by atoms with Gasteiger partial charge in [-0.1, -0.05) is 65.8 Å². The lowest BCUT2D eigenvalue weighted by molar-refractivity contribution is 0.139. The molecule has 125 valence electrons. The maximum Gasteiger partial charge on any atom is -0.00449 e. The molecule has 2 unspecified atom stereocenters. The maximum atomic E-state index is 2.60. The minimum Gasteiger partial charge on any atom is -0.0882 e. The molecule has 0 fully saturated rings. The Morgan fingerprint density at radius 1 is 1.00 bits per heavy atom. The topological polar surface area (TPSA) is 0 Å². The predicted molar refractivity (Wildman–Crippen MR) is 98.7 cm³/mol. The van der Waals surface area contributed by atoms with Gasteiger partial charge in [0.1, 0.15) is 0 Å². The largest absolute Gasteiger partial charge is 0.0882 e. The van der Waals surface area contributed by atoms with Crippen molar-refractivity contribution in [1.29, 1.82) is 0 Å². The molecule has 0 aromatic heterocycles. The van der Waals surface area contributed by atoms with Crippen LogP contribution in [0.4, 0.5) is 0 Å². The summed E-state index contributed by atoms with van der Waals surface area (Å²) in [5.74, 6) is 2.47. The summed E-state index contributed by atoms with van der Waals surface area (Å²) in [5.41, 5.74) is 1.16. The first-order valence-corrected chi connectivity index (χ1v) is 9.30. The fourth-order valence-corrected chi connectivity index (χ4v) is 4.72. The van der Waals surface area contributed by atoms with E-state index >= 15 is 0 Å². The van der Waals surface area contributed by atoms with Crippen molar-refractivity contribution in [3.05, 3.63) is 30.2 Å². The lowest BCUT2D eigenvalue weighted by Crippen LogP contribution is -2.38. The van der Waals surface area contributed by atoms with Crippen molar-refractivity contribution in [2.45, 2.75) is 86.5 Å². The van der Waals surface area contributed by atoms with Gasteiger partial charge in [-0.15, -0.1) is 0 Å². The quantitative estimate of drug-likeness (QED) is 0.486. The molecule has 0 bridgehead atoms. The molecule has 0 heteroatoms. The first-order valence-electron chi connectivity index (χ1n) is 9.30. The van der Waals surface area contributed by atoms with Crippen LogP contribution in [0.25, 0.3) is 0 Å². The second-order valence-corrected chi connectivity index (χ2v) is 10.1. The van der Waals surface area contributed by atoms with Gasteiger partial charge in [-0.2, -0.15) is 0 Å². The van der Waals surface area contributed by atoms with E-state index < -0.39 is 0 Å². The molecule has 0 nitrogen and oxygen atoms in total. The Morgan fingerprint density at radius 2 is 1.73 bits per heavy atom. The molecule has 0 aliphatic heterocycles. The van der Waals surface area contributed by atoms with Crippen molar-refractivity contribution in [1.82, 2.24) is 0 Å². The van der Waals surface area contributed by atoms with Gasteiger partial charge in [0.25, 0.3) is 0 Å². The first kappa shape index (κ1) is 17.8. The van der Waals surface area contributed by atoms with Gasteiger partial charge in [0, 0.05) is 0 Å². The molecule has 0 saturated carbocycles. The van der Waals surface area contributed by atoms with Crippen LogP contribution in [0.5, 0.6) is 0 Å². The summed E-state index contributed by atoms with van der Waals surface area (Å²) in [6.07, 6.45) is 19.2. The van der Waals surface area contributed by atoms with Crippen molar-refractivity contribution >= 4 is 0 Å². The Hall–Kier alpha value is -0.520. The molecule has 0 spiro atoms. The molecule has 0 aromatic rings. The van der Waals surface area contributed by atoms with Gasteiger partial charge >= 0.3 is 0 Å². The first-order chi connectivity index (χ1) is 10.1. The molecule has 0 amide bonds. The smallest absolute Gasteiger partial charge is 0.00449 e. The van der Waals surface area contributed by atoms with Crippen LogP contribution in [-0.4, -0.2) is 0 Å². The lowest BCUT2D eigenvalue weighted by Gasteiger charge is -2.48. The van der Waals surface area contributed by atoms with E-state index in [1.54, 1.807) is 0 Å². The third-order valence-corrected chi connectivity index (χ3v) is 5.10. The van der Waals surface area contributed by atoms with Crippen molar-refractivity contribution in [2.75, 3.05) is 0 Å². The average Bonchev–Trinajstić information content (AvgIpc) is 2.36. The predicted octanol–water partition coefficient (Wildman–Crippen LogP) is 7.13. The minimum atomic E-state index is 0.369. The molecule has 0 saturated heterocycles. The highest BCUT2D eigenvalue weighted by Crippen LogP contribution is 2.54. The van der Waals surface area contributed by atoms with E-state index in [4.69, 9.17) is 0 Å². The molecule has 0 heterocycles. The average molecular weight is 302 g/mol. The highest BCUT2D eigenvalue weighted by atomic mass is 14.5. The third-order valence-electron chi connectivity index (χ3n) is 5.10. The van der Waals surface area contributed by atoms with Gasteiger partial charge in [0.15, 0.2) is 0 Å². The number of hydrogen-bond donors (Lipinski definition) is 0. The zero-order chi connectivity index (χ0) is 16.4. The Balaban J connectivity index is 2.31. The van der Waals surface area contributed by atoms with E-state index in [0.717, 1.165) is 0 Å². The fraction of sp³-hybridized carbons (Fsp3) is 0.773. The van der Waals surface area contributed by atoms with Gasteiger partial charge in [0.2, 0.25) is 0 Å². The van der Waals surface area contributed by atoms with Gasteiger partial charge in [-0.05, 0) is 73.0 Å². The Morgan fingerprint density at radius 3 is 2.27 bits per heavy atom. The molecular weight excluding hydrogens is 264 g/mol. The highest BCUT2D eigenvalue weighted by molar-refractivity contribution is 5.23. The summed E-state index contributed by atoms with van der Waals surface area (Å²) in [7, 11) is 0. The van der Waals surface area contributed by atoms with E-state index in [1.807, 2.05) is 5.92 Å². The van der Waals surface area contributed by atoms with E-state index in [1.165, 1.54) is 44.9 Å². The second-order valence-electron chi connectivity index (χ2n) is 10.1. The molecule has 22 heavy (non-hydrogen) atoms. The molecular formula is C22H37. The van der Waals surface area contributed by atoms with E-state index in [2.05, 4.69) is 65.8 Å². The Labute approximate surface area is 139 Å². The van der Waals surface area contributed by atoms with Crippen molar-refractivity contribution in [3.63, 3.8) is 0 Å². The van der Waals surface area contributed by atoms with Gasteiger partial charge in [0.05, 0.1) is 0 Å². The summed E-state index contributed by atoms with van der Waals surface area (Å²) in [4.78, 5) is 0. The molecule has 1 radical (unpaired) electrons. The zero-order valence-electron chi connectivity index (χ0n) is 15.8. The van der Waals surface area contributed by atoms with Crippen LogP contribution in [-0.2, 0) is 0 Å². The van der Waals surface area contributed by atoms with Gasteiger partial charge in [-0.3, -0.25) is 0 Å². The van der Waals surface area contributed by atoms with Crippen LogP contribution in [0, 0.1) is 28.1 Å². The van der Waals surface area contributed by atoms with Crippen LogP contribution in [0.2, 0.25) is 0 Å². The van der Waals surface area contributed by atoms with Gasteiger partial charge in [-0.25, -0.2) is 0 Å². The van der Waals surface area contributed by atoms with Crippen LogP contribution < -0.4 is 0 Å². The van der Waals surface area contributed by atoms with Crippen LogP contribution in [0.1, 0.15) is 86.5 Å². The summed E-state index contributed by atoms with van der Waals surface area (Å²) in [6.45, 7) is 14.4. The second kappa shape index (κ2) is 6.54. The van der Waals surface area contributed by atoms with Crippen molar-refractivity contribution < 1.29 is 0 Å². The van der Waals surface area contributed by atoms with Crippen LogP contribution in [0.15, 0.2) is 24.3 Å². The number of hydrogen-bond acceptors (Lipinski definition) is 0. The van der Waals surface area contributed by atoms with Gasteiger partial charge < -0.3 is 0 Å². The Kier molecular flexibility index (Phi) is 5.30. The summed E-state index contributed by atoms with van der Waals surface area (Å²) < 4.78 is 0. The van der Waals surface area contributed by atoms with Crippen LogP contribution >= 0.6 is 0 Å². The molecule has 2 atom stereocenters. The van der Waals surface area contributed by atoms with E-state index in [9.17, 15) is 0 Å². The van der Waals surface area contributed by atoms with E-state index in [0.29, 0.717) is 22.2 Å². The normalized spacial score (nSPS) is 30.7. The fourth-order valence-electron chi connectivity index (χ4n) is 4.72. The van der Waals surface area contributed by atoms with Crippen molar-refractivity contribution in [2.24, 2.45) is 22.2 Å². The Bertz CT molecular complexity index is 412. The molecule has 2 rings (SSSR count). The summed E-state index contributed by atoms with van der Waals surface area (Å²) >= 11 is 0. The van der Waals surface area contributed by atoms with Crippen LogP contribution in [0.3, 0.4) is 0 Å². The number of allylic oxidation sites excluding steroid dienone is 4. The molecule has 2 aliphatic rings. The van der Waals surface area contributed by atoms with E-state index in [-0.39, 0.29) is 0 Å². The maximum absolute atomic E-state index is 2.60. The van der Waals surface area contributed by atoms with Crippen molar-refractivity contribution in [3.8, 4) is 0 Å². The summed E-state index contributed by atoms with van der Waals surface area (Å²) in [6, 6.07) is 0. The molecule has 0 aromatic carbocycles. The SMILES string of the molecule is CC(C)(C)C[C]1CCC=CC1C1(CC(C)(C)C)C=CCCC1. The summed E-state index contributed by atoms with van der Waals surface area (Å²) in [5, 5.41) is 0. The standard InChI is InChI=1S/C22H37/c1-20(2,3)16-18-12-8-9-13-19(18)22(17-21(4,5)6)14-10-7-11-15-22/h9-10,13-14,19H,7-8,11-12,15-17H2,1-6H3. The monoisotopic (exact) mass is 301 g/mol. The lowest BCUT2D eigenvalue weighted by atomic mass is 9.56. The minimum absolute atomic E-state index is 0.369. The third kappa shape index (κ3) is 4.74. The molecule has 2 aliphatic carbocycles. The highest BCUT2D eigenvalue weighted by Gasteiger charge is 2.43.